The summed E-state index contributed by atoms with van der Waals surface area (Å²) in [7, 11) is 2.16. The van der Waals surface area contributed by atoms with Crippen molar-refractivity contribution in [2.75, 3.05) is 45.1 Å². The van der Waals surface area contributed by atoms with Gasteiger partial charge in [-0.15, -0.1) is 0 Å². The average Bonchev–Trinajstić information content (AvgIpc) is 2.66. The van der Waals surface area contributed by atoms with Gasteiger partial charge < -0.3 is 15.1 Å². The monoisotopic (exact) mass is 409 g/mol. The molecule has 1 aromatic heterocycles. The highest BCUT2D eigenvalue weighted by molar-refractivity contribution is 6.33. The SMILES string of the molecule is CC(CCN1CCN(C)CC1)Nc1cnn(-c2ccc(Cl)cc2)c(=O)c1Cl. The molecule has 2 aromatic rings. The third-order valence-electron chi connectivity index (χ3n) is 4.87. The Morgan fingerprint density at radius 1 is 1.15 bits per heavy atom. The zero-order valence-electron chi connectivity index (χ0n) is 15.7. The molecule has 3 rings (SSSR count). The summed E-state index contributed by atoms with van der Waals surface area (Å²) >= 11 is 12.2. The van der Waals surface area contributed by atoms with Crippen LogP contribution < -0.4 is 10.9 Å². The van der Waals surface area contributed by atoms with Crippen molar-refractivity contribution >= 4 is 28.9 Å². The molecule has 1 N–H and O–H groups in total. The molecule has 0 saturated carbocycles. The first-order valence-electron chi connectivity index (χ1n) is 9.15. The Bertz CT molecular complexity index is 816. The fraction of sp³-hybridized carbons (Fsp3) is 0.474. The highest BCUT2D eigenvalue weighted by Gasteiger charge is 2.16. The molecular weight excluding hydrogens is 385 g/mol. The van der Waals surface area contributed by atoms with Gasteiger partial charge in [-0.25, -0.2) is 0 Å². The van der Waals surface area contributed by atoms with Crippen LogP contribution in [0.5, 0.6) is 0 Å². The maximum Gasteiger partial charge on any atom is 0.292 e. The second kappa shape index (κ2) is 9.06. The molecule has 1 aromatic carbocycles. The van der Waals surface area contributed by atoms with Crippen molar-refractivity contribution in [1.29, 1.82) is 0 Å². The van der Waals surface area contributed by atoms with Gasteiger partial charge in [0.1, 0.15) is 5.02 Å². The number of aromatic nitrogens is 2. The molecule has 2 heterocycles. The summed E-state index contributed by atoms with van der Waals surface area (Å²) in [5, 5.41) is 8.32. The van der Waals surface area contributed by atoms with Crippen LogP contribution in [0.2, 0.25) is 10.0 Å². The van der Waals surface area contributed by atoms with Gasteiger partial charge in [0.05, 0.1) is 17.6 Å². The summed E-state index contributed by atoms with van der Waals surface area (Å²) < 4.78 is 1.28. The van der Waals surface area contributed by atoms with Crippen molar-refractivity contribution in [3.05, 3.63) is 50.9 Å². The van der Waals surface area contributed by atoms with E-state index in [9.17, 15) is 4.79 Å². The number of hydrogen-bond donors (Lipinski definition) is 1. The third-order valence-corrected chi connectivity index (χ3v) is 5.48. The Labute approximate surface area is 169 Å². The van der Waals surface area contributed by atoms with Crippen LogP contribution in [-0.4, -0.2) is 65.4 Å². The summed E-state index contributed by atoms with van der Waals surface area (Å²) in [5.41, 5.74) is 0.842. The predicted octanol–water partition coefficient (Wildman–Crippen LogP) is 2.98. The number of hydrogen-bond acceptors (Lipinski definition) is 5. The second-order valence-corrected chi connectivity index (χ2v) is 7.86. The molecule has 0 bridgehead atoms. The maximum atomic E-state index is 12.6. The van der Waals surface area contributed by atoms with Gasteiger partial charge in [-0.3, -0.25) is 4.79 Å². The Kier molecular flexibility index (Phi) is 6.76. The highest BCUT2D eigenvalue weighted by Crippen LogP contribution is 2.19. The molecule has 1 atom stereocenters. The van der Waals surface area contributed by atoms with Gasteiger partial charge in [-0.2, -0.15) is 9.78 Å². The third kappa shape index (κ3) is 5.23. The fourth-order valence-electron chi connectivity index (χ4n) is 3.08. The minimum Gasteiger partial charge on any atom is -0.380 e. The normalized spacial score (nSPS) is 17.0. The molecule has 8 heteroatoms. The smallest absolute Gasteiger partial charge is 0.292 e. The molecule has 0 aliphatic carbocycles. The lowest BCUT2D eigenvalue weighted by Crippen LogP contribution is -2.45. The van der Waals surface area contributed by atoms with Crippen molar-refractivity contribution in [2.24, 2.45) is 0 Å². The lowest BCUT2D eigenvalue weighted by Gasteiger charge is -2.33. The maximum absolute atomic E-state index is 12.6. The molecule has 1 saturated heterocycles. The molecule has 1 aliphatic rings. The van der Waals surface area contributed by atoms with Crippen molar-refractivity contribution < 1.29 is 0 Å². The number of benzene rings is 1. The molecule has 0 amide bonds. The topological polar surface area (TPSA) is 53.4 Å². The molecule has 1 fully saturated rings. The van der Waals surface area contributed by atoms with Gasteiger partial charge in [0.2, 0.25) is 0 Å². The van der Waals surface area contributed by atoms with E-state index in [0.717, 1.165) is 39.1 Å². The Hall–Kier alpha value is -1.60. The van der Waals surface area contributed by atoms with Gasteiger partial charge in [0, 0.05) is 43.8 Å². The number of halogens is 2. The van der Waals surface area contributed by atoms with Crippen molar-refractivity contribution in [3.63, 3.8) is 0 Å². The van der Waals surface area contributed by atoms with Gasteiger partial charge in [0.15, 0.2) is 0 Å². The minimum atomic E-state index is -0.352. The Morgan fingerprint density at radius 3 is 2.48 bits per heavy atom. The lowest BCUT2D eigenvalue weighted by atomic mass is 10.2. The van der Waals surface area contributed by atoms with E-state index in [-0.39, 0.29) is 16.6 Å². The minimum absolute atomic E-state index is 0.145. The Balaban J connectivity index is 1.62. The van der Waals surface area contributed by atoms with E-state index >= 15 is 0 Å². The van der Waals surface area contributed by atoms with E-state index in [1.54, 1.807) is 30.5 Å². The number of anilines is 1. The summed E-state index contributed by atoms with van der Waals surface area (Å²) in [6.07, 6.45) is 2.57. The van der Waals surface area contributed by atoms with E-state index < -0.39 is 0 Å². The number of piperazine rings is 1. The van der Waals surface area contributed by atoms with Crippen LogP contribution in [0.4, 0.5) is 5.69 Å². The van der Waals surface area contributed by atoms with Crippen LogP contribution in [0.25, 0.3) is 5.69 Å². The Morgan fingerprint density at radius 2 is 1.81 bits per heavy atom. The first kappa shape index (κ1) is 20.1. The molecule has 6 nitrogen and oxygen atoms in total. The molecular formula is C19H25Cl2N5O. The van der Waals surface area contributed by atoms with Crippen LogP contribution in [0, 0.1) is 0 Å². The average molecular weight is 410 g/mol. The first-order valence-corrected chi connectivity index (χ1v) is 9.91. The summed E-state index contributed by atoms with van der Waals surface area (Å²) in [6.45, 7) is 7.54. The first-order chi connectivity index (χ1) is 12.9. The molecule has 1 aliphatic heterocycles. The number of nitrogens with zero attached hydrogens (tertiary/aromatic N) is 4. The van der Waals surface area contributed by atoms with E-state index in [1.807, 2.05) is 0 Å². The van der Waals surface area contributed by atoms with E-state index in [0.29, 0.717) is 16.4 Å². The highest BCUT2D eigenvalue weighted by atomic mass is 35.5. The van der Waals surface area contributed by atoms with Crippen LogP contribution >= 0.6 is 23.2 Å². The van der Waals surface area contributed by atoms with E-state index in [4.69, 9.17) is 23.2 Å². The van der Waals surface area contributed by atoms with E-state index in [2.05, 4.69) is 34.2 Å². The van der Waals surface area contributed by atoms with Crippen LogP contribution in [0.15, 0.2) is 35.3 Å². The molecule has 0 radical (unpaired) electrons. The second-order valence-electron chi connectivity index (χ2n) is 7.04. The van der Waals surface area contributed by atoms with Crippen LogP contribution in [0.3, 0.4) is 0 Å². The lowest BCUT2D eigenvalue weighted by molar-refractivity contribution is 0.151. The fourth-order valence-corrected chi connectivity index (χ4v) is 3.39. The molecule has 27 heavy (non-hydrogen) atoms. The zero-order chi connectivity index (χ0) is 19.4. The summed E-state index contributed by atoms with van der Waals surface area (Å²) in [4.78, 5) is 17.4. The van der Waals surface area contributed by atoms with Crippen LogP contribution in [-0.2, 0) is 0 Å². The summed E-state index contributed by atoms with van der Waals surface area (Å²) in [6, 6.07) is 7.09. The van der Waals surface area contributed by atoms with Crippen molar-refractivity contribution in [2.45, 2.75) is 19.4 Å². The molecule has 0 spiro atoms. The predicted molar refractivity (Wildman–Crippen MR) is 111 cm³/mol. The van der Waals surface area contributed by atoms with Gasteiger partial charge in [-0.05, 0) is 44.7 Å². The quantitative estimate of drug-likeness (QED) is 0.794. The van der Waals surface area contributed by atoms with E-state index in [1.165, 1.54) is 4.68 Å². The zero-order valence-corrected chi connectivity index (χ0v) is 17.2. The number of nitrogens with one attached hydrogen (secondary N) is 1. The van der Waals surface area contributed by atoms with Crippen LogP contribution in [0.1, 0.15) is 13.3 Å². The molecule has 146 valence electrons. The van der Waals surface area contributed by atoms with Gasteiger partial charge >= 0.3 is 0 Å². The number of likely N-dealkylation sites (N-methyl/N-ethyl adjacent to an activating group) is 1. The van der Waals surface area contributed by atoms with Gasteiger partial charge in [0.25, 0.3) is 5.56 Å². The largest absolute Gasteiger partial charge is 0.380 e. The molecule has 1 unspecified atom stereocenters. The van der Waals surface area contributed by atoms with Crippen molar-refractivity contribution in [1.82, 2.24) is 19.6 Å². The van der Waals surface area contributed by atoms with Crippen molar-refractivity contribution in [3.8, 4) is 5.69 Å². The standard InChI is InChI=1S/C19H25Cl2N5O/c1-14(7-8-25-11-9-24(2)10-12-25)23-17-13-22-26(19(27)18(17)21)16-5-3-15(20)4-6-16/h3-6,13-14,23H,7-12H2,1-2H3. The van der Waals surface area contributed by atoms with Gasteiger partial charge in [-0.1, -0.05) is 23.2 Å². The summed E-state index contributed by atoms with van der Waals surface area (Å²) in [5.74, 6) is 0. The number of rotatable bonds is 6.